The van der Waals surface area contributed by atoms with Gasteiger partial charge in [-0.05, 0) is 23.6 Å². The standard InChI is InChI=1S/C11H13BrO2/c1-8(5-6-13)10-4-3-9(12)7-11(10)14-2/h3-4,6-8H,5H2,1-2H3. The molecule has 1 unspecified atom stereocenters. The first-order valence-electron chi connectivity index (χ1n) is 4.46. The van der Waals surface area contributed by atoms with Crippen LogP contribution in [0.2, 0.25) is 0 Å². The lowest BCUT2D eigenvalue weighted by atomic mass is 9.98. The summed E-state index contributed by atoms with van der Waals surface area (Å²) in [5.74, 6) is 1.03. The number of hydrogen-bond acceptors (Lipinski definition) is 2. The van der Waals surface area contributed by atoms with E-state index in [1.165, 1.54) is 0 Å². The fraction of sp³-hybridized carbons (Fsp3) is 0.364. The molecule has 0 radical (unpaired) electrons. The van der Waals surface area contributed by atoms with E-state index in [0.29, 0.717) is 6.42 Å². The molecule has 3 heteroatoms. The van der Waals surface area contributed by atoms with Crippen LogP contribution in [0.25, 0.3) is 0 Å². The molecule has 2 nitrogen and oxygen atoms in total. The molecular formula is C11H13BrO2. The minimum absolute atomic E-state index is 0.204. The normalized spacial score (nSPS) is 12.2. The van der Waals surface area contributed by atoms with Gasteiger partial charge >= 0.3 is 0 Å². The molecule has 0 aliphatic rings. The van der Waals surface area contributed by atoms with Gasteiger partial charge in [0.15, 0.2) is 0 Å². The van der Waals surface area contributed by atoms with Crippen LogP contribution in [0.4, 0.5) is 0 Å². The molecule has 0 heterocycles. The van der Waals surface area contributed by atoms with Gasteiger partial charge in [-0.15, -0.1) is 0 Å². The van der Waals surface area contributed by atoms with Crippen molar-refractivity contribution in [1.29, 1.82) is 0 Å². The van der Waals surface area contributed by atoms with Crippen LogP contribution in [0.3, 0.4) is 0 Å². The van der Waals surface area contributed by atoms with E-state index in [1.54, 1.807) is 7.11 Å². The third-order valence-electron chi connectivity index (χ3n) is 2.18. The van der Waals surface area contributed by atoms with Gasteiger partial charge in [0.25, 0.3) is 0 Å². The van der Waals surface area contributed by atoms with Crippen LogP contribution in [0, 0.1) is 0 Å². The number of carbonyl (C=O) groups excluding carboxylic acids is 1. The van der Waals surface area contributed by atoms with E-state index >= 15 is 0 Å². The van der Waals surface area contributed by atoms with Gasteiger partial charge in [0.1, 0.15) is 12.0 Å². The van der Waals surface area contributed by atoms with Crippen molar-refractivity contribution < 1.29 is 9.53 Å². The summed E-state index contributed by atoms with van der Waals surface area (Å²) >= 11 is 3.38. The molecule has 14 heavy (non-hydrogen) atoms. The second kappa shape index (κ2) is 5.15. The van der Waals surface area contributed by atoms with Crippen molar-refractivity contribution in [3.05, 3.63) is 28.2 Å². The summed E-state index contributed by atoms with van der Waals surface area (Å²) in [6.45, 7) is 2.01. The van der Waals surface area contributed by atoms with E-state index in [9.17, 15) is 4.79 Å². The summed E-state index contributed by atoms with van der Waals surface area (Å²) < 4.78 is 6.23. The van der Waals surface area contributed by atoms with E-state index in [4.69, 9.17) is 4.74 Å². The lowest BCUT2D eigenvalue weighted by molar-refractivity contribution is -0.108. The van der Waals surface area contributed by atoms with Gasteiger partial charge in [0.2, 0.25) is 0 Å². The van der Waals surface area contributed by atoms with Crippen LogP contribution in [-0.2, 0) is 4.79 Å². The van der Waals surface area contributed by atoms with E-state index in [-0.39, 0.29) is 5.92 Å². The topological polar surface area (TPSA) is 26.3 Å². The third-order valence-corrected chi connectivity index (χ3v) is 2.67. The van der Waals surface area contributed by atoms with E-state index < -0.39 is 0 Å². The average Bonchev–Trinajstić information content (AvgIpc) is 2.17. The molecule has 1 aromatic carbocycles. The molecule has 0 N–H and O–H groups in total. The van der Waals surface area contributed by atoms with Gasteiger partial charge in [-0.25, -0.2) is 0 Å². The molecule has 0 saturated carbocycles. The summed E-state index contributed by atoms with van der Waals surface area (Å²) in [5, 5.41) is 0. The van der Waals surface area contributed by atoms with Crippen molar-refractivity contribution in [3.63, 3.8) is 0 Å². The summed E-state index contributed by atoms with van der Waals surface area (Å²) in [6, 6.07) is 5.85. The molecule has 0 aromatic heterocycles. The van der Waals surface area contributed by atoms with Crippen molar-refractivity contribution >= 4 is 22.2 Å². The van der Waals surface area contributed by atoms with Crippen LogP contribution >= 0.6 is 15.9 Å². The Morgan fingerprint density at radius 3 is 2.86 bits per heavy atom. The minimum atomic E-state index is 0.204. The highest BCUT2D eigenvalue weighted by Crippen LogP contribution is 2.30. The van der Waals surface area contributed by atoms with Crippen molar-refractivity contribution in [2.45, 2.75) is 19.3 Å². The molecule has 0 amide bonds. The van der Waals surface area contributed by atoms with Gasteiger partial charge < -0.3 is 9.53 Å². The molecule has 0 fully saturated rings. The minimum Gasteiger partial charge on any atom is -0.496 e. The van der Waals surface area contributed by atoms with Crippen molar-refractivity contribution in [1.82, 2.24) is 0 Å². The van der Waals surface area contributed by atoms with Crippen LogP contribution in [-0.4, -0.2) is 13.4 Å². The number of methoxy groups -OCH3 is 1. The largest absolute Gasteiger partial charge is 0.496 e. The zero-order valence-electron chi connectivity index (χ0n) is 8.29. The maximum absolute atomic E-state index is 10.4. The Morgan fingerprint density at radius 2 is 2.29 bits per heavy atom. The number of ether oxygens (including phenoxy) is 1. The Labute approximate surface area is 92.4 Å². The third kappa shape index (κ3) is 2.58. The molecule has 0 aliphatic carbocycles. The Bertz CT molecular complexity index is 323. The number of benzene rings is 1. The van der Waals surface area contributed by atoms with Gasteiger partial charge in [-0.3, -0.25) is 0 Å². The van der Waals surface area contributed by atoms with Crippen LogP contribution in [0.1, 0.15) is 24.8 Å². The summed E-state index contributed by atoms with van der Waals surface area (Å²) in [6.07, 6.45) is 1.46. The molecule has 0 aliphatic heterocycles. The Hall–Kier alpha value is -0.830. The van der Waals surface area contributed by atoms with Gasteiger partial charge in [0.05, 0.1) is 7.11 Å². The quantitative estimate of drug-likeness (QED) is 0.774. The maximum atomic E-state index is 10.4. The zero-order valence-corrected chi connectivity index (χ0v) is 9.87. The molecule has 0 spiro atoms. The van der Waals surface area contributed by atoms with Crippen molar-refractivity contribution in [3.8, 4) is 5.75 Å². The highest BCUT2D eigenvalue weighted by molar-refractivity contribution is 9.10. The molecule has 1 rings (SSSR count). The maximum Gasteiger partial charge on any atom is 0.123 e. The number of hydrogen-bond donors (Lipinski definition) is 0. The lowest BCUT2D eigenvalue weighted by Crippen LogP contribution is -1.98. The van der Waals surface area contributed by atoms with E-state index in [1.807, 2.05) is 25.1 Å². The Balaban J connectivity index is 3.00. The summed E-state index contributed by atoms with van der Waals surface area (Å²) in [5.41, 5.74) is 1.07. The van der Waals surface area contributed by atoms with E-state index in [0.717, 1.165) is 22.1 Å². The van der Waals surface area contributed by atoms with Gasteiger partial charge in [0, 0.05) is 10.9 Å². The molecule has 1 atom stereocenters. The molecule has 1 aromatic rings. The first-order valence-corrected chi connectivity index (χ1v) is 5.25. The number of carbonyl (C=O) groups is 1. The predicted octanol–water partition coefficient (Wildman–Crippen LogP) is 3.15. The highest BCUT2D eigenvalue weighted by Gasteiger charge is 2.10. The zero-order chi connectivity index (χ0) is 10.6. The summed E-state index contributed by atoms with van der Waals surface area (Å²) in [4.78, 5) is 10.4. The van der Waals surface area contributed by atoms with Crippen molar-refractivity contribution in [2.75, 3.05) is 7.11 Å². The number of aldehydes is 1. The Morgan fingerprint density at radius 1 is 1.57 bits per heavy atom. The lowest BCUT2D eigenvalue weighted by Gasteiger charge is -2.13. The predicted molar refractivity (Wildman–Crippen MR) is 59.8 cm³/mol. The average molecular weight is 257 g/mol. The second-order valence-electron chi connectivity index (χ2n) is 3.19. The molecule has 76 valence electrons. The Kier molecular flexibility index (Phi) is 4.14. The summed E-state index contributed by atoms with van der Waals surface area (Å²) in [7, 11) is 1.64. The monoisotopic (exact) mass is 256 g/mol. The number of rotatable bonds is 4. The first-order chi connectivity index (χ1) is 6.69. The first kappa shape index (κ1) is 11.2. The fourth-order valence-electron chi connectivity index (χ4n) is 1.36. The molecular weight excluding hydrogens is 244 g/mol. The molecule has 0 bridgehead atoms. The van der Waals surface area contributed by atoms with Gasteiger partial charge in [-0.1, -0.05) is 28.9 Å². The van der Waals surface area contributed by atoms with E-state index in [2.05, 4.69) is 15.9 Å². The van der Waals surface area contributed by atoms with Crippen LogP contribution < -0.4 is 4.74 Å². The van der Waals surface area contributed by atoms with Crippen LogP contribution in [0.5, 0.6) is 5.75 Å². The smallest absolute Gasteiger partial charge is 0.123 e. The highest BCUT2D eigenvalue weighted by atomic mass is 79.9. The SMILES string of the molecule is COc1cc(Br)ccc1C(C)CC=O. The fourth-order valence-corrected chi connectivity index (χ4v) is 1.70. The number of halogens is 1. The van der Waals surface area contributed by atoms with Crippen LogP contribution in [0.15, 0.2) is 22.7 Å². The van der Waals surface area contributed by atoms with Crippen molar-refractivity contribution in [2.24, 2.45) is 0 Å². The second-order valence-corrected chi connectivity index (χ2v) is 4.11. The molecule has 0 saturated heterocycles. The van der Waals surface area contributed by atoms with Gasteiger partial charge in [-0.2, -0.15) is 0 Å².